The summed E-state index contributed by atoms with van der Waals surface area (Å²) in [4.78, 5) is 33.6. The topological polar surface area (TPSA) is 56.8 Å². The van der Waals surface area contributed by atoms with Gasteiger partial charge < -0.3 is 14.7 Å². The summed E-state index contributed by atoms with van der Waals surface area (Å²) in [6, 6.07) is 9.89. The Morgan fingerprint density at radius 3 is 2.25 bits per heavy atom. The Balaban J connectivity index is 1.30. The summed E-state index contributed by atoms with van der Waals surface area (Å²) in [5, 5.41) is 0. The minimum atomic E-state index is -4.41. The first-order valence-corrected chi connectivity index (χ1v) is 10.5. The van der Waals surface area contributed by atoms with Gasteiger partial charge in [-0.1, -0.05) is 12.1 Å². The lowest BCUT2D eigenvalue weighted by Crippen LogP contribution is -2.48. The largest absolute Gasteiger partial charge is 0.417 e. The van der Waals surface area contributed by atoms with E-state index in [2.05, 4.69) is 4.98 Å². The number of nitrogens with zero attached hydrogens (tertiary/aromatic N) is 4. The number of halogens is 3. The summed E-state index contributed by atoms with van der Waals surface area (Å²) in [5.41, 5.74) is 0.950. The molecule has 0 aliphatic carbocycles. The number of carbonyl (C=O) groups excluding carboxylic acids is 2. The van der Waals surface area contributed by atoms with Crippen molar-refractivity contribution in [1.82, 2.24) is 9.88 Å². The number of anilines is 2. The molecule has 2 aliphatic heterocycles. The van der Waals surface area contributed by atoms with E-state index in [1.54, 1.807) is 15.9 Å². The van der Waals surface area contributed by atoms with Crippen LogP contribution in [0.25, 0.3) is 6.08 Å². The number of rotatable bonds is 4. The SMILES string of the molecule is O=C(/C=C/c1ccc(N2CCCC2=O)cc1)N1CCN(c2ccc(C(F)(F)F)cn2)CC1. The number of piperazine rings is 1. The maximum absolute atomic E-state index is 12.7. The fourth-order valence-corrected chi connectivity index (χ4v) is 3.86. The molecule has 2 aromatic rings. The van der Waals surface area contributed by atoms with Crippen LogP contribution in [0.2, 0.25) is 0 Å². The number of hydrogen-bond donors (Lipinski definition) is 0. The predicted molar refractivity (Wildman–Crippen MR) is 115 cm³/mol. The molecule has 3 heterocycles. The summed E-state index contributed by atoms with van der Waals surface area (Å²) in [6.45, 7) is 2.65. The van der Waals surface area contributed by atoms with Gasteiger partial charge in [0, 0.05) is 57.1 Å². The fourth-order valence-electron chi connectivity index (χ4n) is 3.86. The van der Waals surface area contributed by atoms with Gasteiger partial charge in [0.1, 0.15) is 5.82 Å². The number of amides is 2. The molecule has 0 bridgehead atoms. The molecule has 1 aromatic heterocycles. The van der Waals surface area contributed by atoms with E-state index in [-0.39, 0.29) is 11.8 Å². The van der Waals surface area contributed by atoms with E-state index >= 15 is 0 Å². The molecule has 0 atom stereocenters. The molecule has 0 saturated carbocycles. The van der Waals surface area contributed by atoms with Gasteiger partial charge in [0.05, 0.1) is 5.56 Å². The van der Waals surface area contributed by atoms with Crippen molar-refractivity contribution in [3.05, 3.63) is 59.8 Å². The molecule has 2 amide bonds. The van der Waals surface area contributed by atoms with Crippen LogP contribution >= 0.6 is 0 Å². The van der Waals surface area contributed by atoms with E-state index < -0.39 is 11.7 Å². The zero-order valence-electron chi connectivity index (χ0n) is 17.4. The Morgan fingerprint density at radius 1 is 0.969 bits per heavy atom. The minimum absolute atomic E-state index is 0.121. The van der Waals surface area contributed by atoms with Crippen molar-refractivity contribution in [2.45, 2.75) is 19.0 Å². The van der Waals surface area contributed by atoms with Gasteiger partial charge in [0.2, 0.25) is 11.8 Å². The third-order valence-electron chi connectivity index (χ3n) is 5.69. The van der Waals surface area contributed by atoms with Crippen LogP contribution in [-0.2, 0) is 15.8 Å². The number of hydrogen-bond acceptors (Lipinski definition) is 4. The molecule has 2 aliphatic rings. The Labute approximate surface area is 183 Å². The first-order valence-electron chi connectivity index (χ1n) is 10.5. The van der Waals surface area contributed by atoms with Gasteiger partial charge in [0.15, 0.2) is 0 Å². The lowest BCUT2D eigenvalue weighted by atomic mass is 10.1. The van der Waals surface area contributed by atoms with Crippen LogP contribution in [0.5, 0.6) is 0 Å². The second-order valence-corrected chi connectivity index (χ2v) is 7.79. The molecule has 168 valence electrons. The average Bonchev–Trinajstić information content (AvgIpc) is 3.23. The summed E-state index contributed by atoms with van der Waals surface area (Å²) in [6.07, 6.45) is 1.13. The van der Waals surface area contributed by atoms with Crippen molar-refractivity contribution < 1.29 is 22.8 Å². The van der Waals surface area contributed by atoms with Gasteiger partial charge in [-0.2, -0.15) is 13.2 Å². The number of aromatic nitrogens is 1. The number of benzene rings is 1. The minimum Gasteiger partial charge on any atom is -0.353 e. The van der Waals surface area contributed by atoms with Crippen LogP contribution in [0.15, 0.2) is 48.7 Å². The molecule has 0 N–H and O–H groups in total. The van der Waals surface area contributed by atoms with Crippen LogP contribution in [-0.4, -0.2) is 54.4 Å². The van der Waals surface area contributed by atoms with Crippen molar-refractivity contribution in [2.24, 2.45) is 0 Å². The molecule has 6 nitrogen and oxygen atoms in total. The van der Waals surface area contributed by atoms with Crippen LogP contribution in [0.4, 0.5) is 24.7 Å². The maximum atomic E-state index is 12.7. The highest BCUT2D eigenvalue weighted by atomic mass is 19.4. The Hall–Kier alpha value is -3.36. The first-order chi connectivity index (χ1) is 15.3. The van der Waals surface area contributed by atoms with E-state index in [9.17, 15) is 22.8 Å². The average molecular weight is 444 g/mol. The van der Waals surface area contributed by atoms with Crippen LogP contribution in [0.3, 0.4) is 0 Å². The molecule has 32 heavy (non-hydrogen) atoms. The van der Waals surface area contributed by atoms with Crippen molar-refractivity contribution in [1.29, 1.82) is 0 Å². The fraction of sp³-hybridized carbons (Fsp3) is 0.348. The van der Waals surface area contributed by atoms with Gasteiger partial charge in [0.25, 0.3) is 0 Å². The lowest BCUT2D eigenvalue weighted by molar-refractivity contribution is -0.137. The van der Waals surface area contributed by atoms with Crippen LogP contribution < -0.4 is 9.80 Å². The highest BCUT2D eigenvalue weighted by Gasteiger charge is 2.31. The molecular formula is C23H23F3N4O2. The number of carbonyl (C=O) groups is 2. The molecule has 0 unspecified atom stereocenters. The summed E-state index contributed by atoms with van der Waals surface area (Å²) in [5.74, 6) is 0.482. The monoisotopic (exact) mass is 444 g/mol. The second kappa shape index (κ2) is 9.02. The van der Waals surface area contributed by atoms with Gasteiger partial charge >= 0.3 is 6.18 Å². The molecular weight excluding hydrogens is 421 g/mol. The Morgan fingerprint density at radius 2 is 1.69 bits per heavy atom. The van der Waals surface area contributed by atoms with Gasteiger partial charge in [-0.25, -0.2) is 4.98 Å². The summed E-state index contributed by atoms with van der Waals surface area (Å²) < 4.78 is 38.0. The van der Waals surface area contributed by atoms with Crippen LogP contribution in [0, 0.1) is 0 Å². The molecule has 1 aromatic carbocycles. The third kappa shape index (κ3) is 4.92. The van der Waals surface area contributed by atoms with Crippen molar-refractivity contribution in [2.75, 3.05) is 42.5 Å². The summed E-state index contributed by atoms with van der Waals surface area (Å²) in [7, 11) is 0. The van der Waals surface area contributed by atoms with E-state index in [1.165, 1.54) is 12.1 Å². The summed E-state index contributed by atoms with van der Waals surface area (Å²) >= 11 is 0. The van der Waals surface area contributed by atoms with Gasteiger partial charge in [-0.15, -0.1) is 0 Å². The first kappa shape index (κ1) is 21.9. The van der Waals surface area contributed by atoms with E-state index in [0.717, 1.165) is 36.5 Å². The molecule has 0 radical (unpaired) electrons. The second-order valence-electron chi connectivity index (χ2n) is 7.79. The standard InChI is InChI=1S/C23H23F3N4O2/c24-23(25,26)18-6-9-20(27-16-18)28-12-14-29(15-13-28)21(31)10-5-17-3-7-19(8-4-17)30-11-1-2-22(30)32/h3-10,16H,1-2,11-15H2/b10-5+. The Kier molecular flexibility index (Phi) is 6.16. The van der Waals surface area contributed by atoms with Crippen molar-refractivity contribution >= 4 is 29.4 Å². The van der Waals surface area contributed by atoms with Crippen LogP contribution in [0.1, 0.15) is 24.0 Å². The highest BCUT2D eigenvalue weighted by Crippen LogP contribution is 2.29. The predicted octanol–water partition coefficient (Wildman–Crippen LogP) is 3.59. The van der Waals surface area contributed by atoms with E-state index in [0.29, 0.717) is 38.4 Å². The van der Waals surface area contributed by atoms with Crippen molar-refractivity contribution in [3.8, 4) is 0 Å². The van der Waals surface area contributed by atoms with E-state index in [4.69, 9.17) is 0 Å². The molecule has 0 spiro atoms. The normalized spacial score (nSPS) is 17.5. The number of alkyl halides is 3. The molecule has 9 heteroatoms. The van der Waals surface area contributed by atoms with Gasteiger partial charge in [-0.05, 0) is 42.3 Å². The number of pyridine rings is 1. The highest BCUT2D eigenvalue weighted by molar-refractivity contribution is 5.95. The molecule has 4 rings (SSSR count). The maximum Gasteiger partial charge on any atom is 0.417 e. The smallest absolute Gasteiger partial charge is 0.353 e. The van der Waals surface area contributed by atoms with Crippen molar-refractivity contribution in [3.63, 3.8) is 0 Å². The zero-order valence-corrected chi connectivity index (χ0v) is 17.4. The third-order valence-corrected chi connectivity index (χ3v) is 5.69. The van der Waals surface area contributed by atoms with Gasteiger partial charge in [-0.3, -0.25) is 9.59 Å². The quantitative estimate of drug-likeness (QED) is 0.677. The molecule has 2 fully saturated rings. The Bertz CT molecular complexity index is 995. The zero-order chi connectivity index (χ0) is 22.7. The lowest BCUT2D eigenvalue weighted by Gasteiger charge is -2.35. The van der Waals surface area contributed by atoms with E-state index in [1.807, 2.05) is 29.2 Å². The molecule has 2 saturated heterocycles.